The average molecular weight is 242 g/mol. The van der Waals surface area contributed by atoms with Crippen molar-refractivity contribution in [2.24, 2.45) is 0 Å². The highest BCUT2D eigenvalue weighted by atomic mass is 16.2. The molecule has 3 rings (SSSR count). The van der Waals surface area contributed by atoms with Crippen molar-refractivity contribution in [3.63, 3.8) is 0 Å². The Hall–Kier alpha value is -2.30. The van der Waals surface area contributed by atoms with E-state index >= 15 is 0 Å². The number of aromatic amines is 1. The van der Waals surface area contributed by atoms with Gasteiger partial charge in [-0.1, -0.05) is 6.07 Å². The number of nitrogens with zero attached hydrogens (tertiary/aromatic N) is 2. The van der Waals surface area contributed by atoms with Crippen LogP contribution in [0.4, 0.5) is 11.4 Å². The van der Waals surface area contributed by atoms with Crippen molar-refractivity contribution in [3.05, 3.63) is 41.2 Å². The lowest BCUT2D eigenvalue weighted by atomic mass is 10.1. The lowest BCUT2D eigenvalue weighted by molar-refractivity contribution is 0.0989. The quantitative estimate of drug-likeness (QED) is 0.744. The van der Waals surface area contributed by atoms with Gasteiger partial charge < -0.3 is 10.6 Å². The first-order valence-corrected chi connectivity index (χ1v) is 5.87. The molecule has 3 N–H and O–H groups in total. The fraction of sp³-hybridized carbons (Fsp3) is 0.231. The first-order valence-electron chi connectivity index (χ1n) is 5.87. The summed E-state index contributed by atoms with van der Waals surface area (Å²) >= 11 is 0. The maximum Gasteiger partial charge on any atom is 0.261 e. The maximum absolute atomic E-state index is 12.4. The Balaban J connectivity index is 2.00. The molecule has 1 aliphatic heterocycles. The van der Waals surface area contributed by atoms with Crippen molar-refractivity contribution in [2.45, 2.75) is 13.3 Å². The maximum atomic E-state index is 12.4. The van der Waals surface area contributed by atoms with Crippen LogP contribution in [0.1, 0.15) is 21.6 Å². The molecule has 0 bridgehead atoms. The molecule has 5 nitrogen and oxygen atoms in total. The van der Waals surface area contributed by atoms with E-state index < -0.39 is 0 Å². The summed E-state index contributed by atoms with van der Waals surface area (Å²) in [6, 6.07) is 5.68. The third-order valence-corrected chi connectivity index (χ3v) is 3.37. The molecule has 2 aromatic rings. The van der Waals surface area contributed by atoms with E-state index in [0.29, 0.717) is 12.1 Å². The molecule has 0 saturated heterocycles. The van der Waals surface area contributed by atoms with Crippen LogP contribution < -0.4 is 10.6 Å². The number of anilines is 2. The van der Waals surface area contributed by atoms with Gasteiger partial charge in [-0.2, -0.15) is 5.10 Å². The fourth-order valence-corrected chi connectivity index (χ4v) is 2.38. The van der Waals surface area contributed by atoms with Gasteiger partial charge in [-0.15, -0.1) is 0 Å². The molecular formula is C13H14N4O. The molecule has 0 aliphatic carbocycles. The number of carbonyl (C=O) groups excluding carboxylic acids is 1. The summed E-state index contributed by atoms with van der Waals surface area (Å²) in [6.07, 6.45) is 2.38. The molecule has 5 heteroatoms. The van der Waals surface area contributed by atoms with Crippen molar-refractivity contribution in [2.75, 3.05) is 17.2 Å². The zero-order valence-corrected chi connectivity index (χ0v) is 10.1. The van der Waals surface area contributed by atoms with E-state index in [1.54, 1.807) is 11.1 Å². The third-order valence-electron chi connectivity index (χ3n) is 3.37. The monoisotopic (exact) mass is 242 g/mol. The molecular weight excluding hydrogens is 228 g/mol. The predicted molar refractivity (Wildman–Crippen MR) is 69.6 cm³/mol. The van der Waals surface area contributed by atoms with Crippen LogP contribution in [-0.2, 0) is 6.42 Å². The molecule has 92 valence electrons. The van der Waals surface area contributed by atoms with E-state index in [4.69, 9.17) is 5.73 Å². The summed E-state index contributed by atoms with van der Waals surface area (Å²) in [5.74, 6) is -0.0226. The summed E-state index contributed by atoms with van der Waals surface area (Å²) in [7, 11) is 0. The second-order valence-electron chi connectivity index (χ2n) is 4.46. The lowest BCUT2D eigenvalue weighted by Crippen LogP contribution is -2.29. The van der Waals surface area contributed by atoms with Crippen LogP contribution in [0.3, 0.4) is 0 Å². The van der Waals surface area contributed by atoms with Gasteiger partial charge in [0.15, 0.2) is 0 Å². The van der Waals surface area contributed by atoms with Crippen molar-refractivity contribution in [1.82, 2.24) is 10.2 Å². The van der Waals surface area contributed by atoms with Gasteiger partial charge in [0.2, 0.25) is 0 Å². The summed E-state index contributed by atoms with van der Waals surface area (Å²) in [4.78, 5) is 14.2. The number of nitrogens with one attached hydrogen (secondary N) is 1. The summed E-state index contributed by atoms with van der Waals surface area (Å²) < 4.78 is 0. The van der Waals surface area contributed by atoms with Gasteiger partial charge in [-0.25, -0.2) is 0 Å². The van der Waals surface area contributed by atoms with E-state index in [0.717, 1.165) is 29.1 Å². The van der Waals surface area contributed by atoms with E-state index in [9.17, 15) is 4.79 Å². The Bertz CT molecular complexity index is 617. The van der Waals surface area contributed by atoms with Crippen LogP contribution >= 0.6 is 0 Å². The standard InChI is InChI=1S/C13H14N4O/c1-8-10(7-15-16-8)13(18)17-6-5-9-11(14)3-2-4-12(9)17/h2-4,7H,5-6,14H2,1H3,(H,15,16). The van der Waals surface area contributed by atoms with Gasteiger partial charge in [-0.05, 0) is 25.5 Å². The molecule has 0 fully saturated rings. The number of aryl methyl sites for hydroxylation is 1. The second kappa shape index (κ2) is 3.87. The first-order chi connectivity index (χ1) is 8.68. The zero-order valence-electron chi connectivity index (χ0n) is 10.1. The van der Waals surface area contributed by atoms with E-state index in [1.165, 1.54) is 0 Å². The smallest absolute Gasteiger partial charge is 0.261 e. The highest BCUT2D eigenvalue weighted by Gasteiger charge is 2.27. The Morgan fingerprint density at radius 2 is 2.33 bits per heavy atom. The molecule has 1 aromatic carbocycles. The van der Waals surface area contributed by atoms with E-state index in [-0.39, 0.29) is 5.91 Å². The number of nitrogen functional groups attached to an aromatic ring is 1. The fourth-order valence-electron chi connectivity index (χ4n) is 2.38. The molecule has 2 heterocycles. The largest absolute Gasteiger partial charge is 0.398 e. The molecule has 0 radical (unpaired) electrons. The SMILES string of the molecule is Cc1[nH]ncc1C(=O)N1CCc2c(N)cccc21. The van der Waals surface area contributed by atoms with E-state index in [1.807, 2.05) is 25.1 Å². The number of aromatic nitrogens is 2. The molecule has 0 saturated carbocycles. The topological polar surface area (TPSA) is 75.0 Å². The van der Waals surface area contributed by atoms with Crippen LogP contribution in [0.25, 0.3) is 0 Å². The lowest BCUT2D eigenvalue weighted by Gasteiger charge is -2.17. The molecule has 1 amide bonds. The van der Waals surface area contributed by atoms with Gasteiger partial charge in [0, 0.05) is 29.2 Å². The number of amides is 1. The predicted octanol–water partition coefficient (Wildman–Crippen LogP) is 1.50. The van der Waals surface area contributed by atoms with Gasteiger partial charge in [-0.3, -0.25) is 9.89 Å². The summed E-state index contributed by atoms with van der Waals surface area (Å²) in [5, 5.41) is 6.68. The Morgan fingerprint density at radius 1 is 1.50 bits per heavy atom. The number of fused-ring (bicyclic) bond motifs is 1. The van der Waals surface area contributed by atoms with Crippen molar-refractivity contribution in [3.8, 4) is 0 Å². The van der Waals surface area contributed by atoms with Crippen molar-refractivity contribution in [1.29, 1.82) is 0 Å². The highest BCUT2D eigenvalue weighted by molar-refractivity contribution is 6.08. The van der Waals surface area contributed by atoms with Crippen LogP contribution in [0, 0.1) is 6.92 Å². The summed E-state index contributed by atoms with van der Waals surface area (Å²) in [5.41, 5.74) is 10.1. The number of H-pyrrole nitrogens is 1. The minimum absolute atomic E-state index is 0.0226. The first kappa shape index (κ1) is 10.8. The number of rotatable bonds is 1. The second-order valence-corrected chi connectivity index (χ2v) is 4.46. The molecule has 1 aromatic heterocycles. The number of hydrogen-bond donors (Lipinski definition) is 2. The Morgan fingerprint density at radius 3 is 3.06 bits per heavy atom. The van der Waals surface area contributed by atoms with Gasteiger partial charge in [0.25, 0.3) is 5.91 Å². The number of carbonyl (C=O) groups is 1. The van der Waals surface area contributed by atoms with Gasteiger partial charge in [0.1, 0.15) is 0 Å². The minimum Gasteiger partial charge on any atom is -0.398 e. The minimum atomic E-state index is -0.0226. The molecule has 0 spiro atoms. The summed E-state index contributed by atoms with van der Waals surface area (Å²) in [6.45, 7) is 2.52. The van der Waals surface area contributed by atoms with Crippen LogP contribution in [0.2, 0.25) is 0 Å². The molecule has 18 heavy (non-hydrogen) atoms. The molecule has 0 atom stereocenters. The number of hydrogen-bond acceptors (Lipinski definition) is 3. The van der Waals surface area contributed by atoms with Gasteiger partial charge in [0.05, 0.1) is 11.8 Å². The molecule has 0 unspecified atom stereocenters. The number of benzene rings is 1. The van der Waals surface area contributed by atoms with Gasteiger partial charge >= 0.3 is 0 Å². The Kier molecular flexibility index (Phi) is 2.33. The van der Waals surface area contributed by atoms with Crippen LogP contribution in [-0.4, -0.2) is 22.6 Å². The average Bonchev–Trinajstić information content (AvgIpc) is 2.95. The molecule has 1 aliphatic rings. The van der Waals surface area contributed by atoms with Crippen molar-refractivity contribution >= 4 is 17.3 Å². The van der Waals surface area contributed by atoms with Crippen LogP contribution in [0.15, 0.2) is 24.4 Å². The zero-order chi connectivity index (χ0) is 12.7. The highest BCUT2D eigenvalue weighted by Crippen LogP contribution is 2.33. The van der Waals surface area contributed by atoms with Crippen LogP contribution in [0.5, 0.6) is 0 Å². The normalized spacial score (nSPS) is 13.7. The number of nitrogens with two attached hydrogens (primary N) is 1. The third kappa shape index (κ3) is 1.48. The van der Waals surface area contributed by atoms with E-state index in [2.05, 4.69) is 10.2 Å². The Labute approximate surface area is 105 Å². The van der Waals surface area contributed by atoms with Crippen molar-refractivity contribution < 1.29 is 4.79 Å².